The summed E-state index contributed by atoms with van der Waals surface area (Å²) in [5.74, 6) is 0. The molecule has 0 saturated carbocycles. The molecule has 0 aliphatic heterocycles. The third-order valence-electron chi connectivity index (χ3n) is 3.27. The van der Waals surface area contributed by atoms with Crippen molar-refractivity contribution in [3.63, 3.8) is 0 Å². The van der Waals surface area contributed by atoms with E-state index in [0.29, 0.717) is 12.2 Å². The molecule has 0 bridgehead atoms. The van der Waals surface area contributed by atoms with E-state index < -0.39 is 10.0 Å². The fourth-order valence-corrected chi connectivity index (χ4v) is 3.29. The summed E-state index contributed by atoms with van der Waals surface area (Å²) in [6.45, 7) is 2.32. The van der Waals surface area contributed by atoms with E-state index in [2.05, 4.69) is 10.3 Å². The van der Waals surface area contributed by atoms with Gasteiger partial charge in [-0.2, -0.15) is 4.31 Å². The van der Waals surface area contributed by atoms with E-state index in [1.54, 1.807) is 26.4 Å². The van der Waals surface area contributed by atoms with E-state index in [4.69, 9.17) is 0 Å². The molecule has 21 heavy (non-hydrogen) atoms. The first-order chi connectivity index (χ1) is 9.95. The molecule has 0 unspecified atom stereocenters. The minimum Gasteiger partial charge on any atom is -0.387 e. The van der Waals surface area contributed by atoms with Gasteiger partial charge < -0.3 is 5.32 Å². The lowest BCUT2D eigenvalue weighted by molar-refractivity contribution is 0.466. The minimum absolute atomic E-state index is 0.183. The molecule has 1 aromatic heterocycles. The molecular weight excluding hydrogens is 286 g/mol. The minimum atomic E-state index is -3.58. The second kappa shape index (κ2) is 6.24. The van der Waals surface area contributed by atoms with Crippen LogP contribution in [-0.2, 0) is 16.6 Å². The van der Waals surface area contributed by atoms with Crippen molar-refractivity contribution in [3.05, 3.63) is 53.9 Å². The fourth-order valence-electron chi connectivity index (χ4n) is 2.00. The van der Waals surface area contributed by atoms with Crippen molar-refractivity contribution in [1.29, 1.82) is 0 Å². The molecule has 5 nitrogen and oxygen atoms in total. The van der Waals surface area contributed by atoms with E-state index in [0.717, 1.165) is 11.1 Å². The van der Waals surface area contributed by atoms with Gasteiger partial charge in [-0.25, -0.2) is 8.42 Å². The van der Waals surface area contributed by atoms with Crippen LogP contribution in [0.25, 0.3) is 0 Å². The number of anilines is 1. The van der Waals surface area contributed by atoms with Crippen LogP contribution in [0.15, 0.2) is 47.6 Å². The quantitative estimate of drug-likeness (QED) is 0.920. The fraction of sp³-hybridized carbons (Fsp3) is 0.267. The molecule has 0 spiro atoms. The van der Waals surface area contributed by atoms with Crippen molar-refractivity contribution < 1.29 is 8.42 Å². The van der Waals surface area contributed by atoms with E-state index in [9.17, 15) is 8.42 Å². The molecule has 0 fully saturated rings. The van der Waals surface area contributed by atoms with Crippen LogP contribution >= 0.6 is 0 Å². The molecule has 1 N–H and O–H groups in total. The van der Waals surface area contributed by atoms with Crippen LogP contribution in [0.5, 0.6) is 0 Å². The lowest BCUT2D eigenvalue weighted by Crippen LogP contribution is -2.27. The highest BCUT2D eigenvalue weighted by Crippen LogP contribution is 2.23. The summed E-state index contributed by atoms with van der Waals surface area (Å²) < 4.78 is 26.6. The van der Waals surface area contributed by atoms with Gasteiger partial charge in [0.05, 0.1) is 5.69 Å². The predicted molar refractivity (Wildman–Crippen MR) is 83.6 cm³/mol. The van der Waals surface area contributed by atoms with Crippen molar-refractivity contribution in [2.45, 2.75) is 18.4 Å². The average molecular weight is 305 g/mol. The van der Waals surface area contributed by atoms with E-state index in [1.165, 1.54) is 10.5 Å². The Morgan fingerprint density at radius 1 is 1.19 bits per heavy atom. The van der Waals surface area contributed by atoms with Crippen molar-refractivity contribution in [1.82, 2.24) is 9.29 Å². The van der Waals surface area contributed by atoms with Crippen LogP contribution in [0.3, 0.4) is 0 Å². The Morgan fingerprint density at radius 3 is 2.48 bits per heavy atom. The number of aryl methyl sites for hydroxylation is 1. The summed E-state index contributed by atoms with van der Waals surface area (Å²) in [7, 11) is -0.322. The van der Waals surface area contributed by atoms with E-state index >= 15 is 0 Å². The Labute approximate surface area is 125 Å². The smallest absolute Gasteiger partial charge is 0.246 e. The summed E-state index contributed by atoms with van der Waals surface area (Å²) in [6.07, 6.45) is 2.93. The van der Waals surface area contributed by atoms with Crippen LogP contribution in [-0.4, -0.2) is 31.8 Å². The number of hydrogen-bond donors (Lipinski definition) is 1. The maximum absolute atomic E-state index is 12.6. The molecule has 0 amide bonds. The molecule has 2 rings (SSSR count). The zero-order valence-electron chi connectivity index (χ0n) is 12.4. The Balaban J connectivity index is 2.28. The third kappa shape index (κ3) is 3.40. The lowest BCUT2D eigenvalue weighted by atomic mass is 10.1. The van der Waals surface area contributed by atoms with Crippen molar-refractivity contribution in [3.8, 4) is 0 Å². The number of benzene rings is 1. The Bertz CT molecular complexity index is 712. The van der Waals surface area contributed by atoms with Crippen molar-refractivity contribution >= 4 is 15.7 Å². The summed E-state index contributed by atoms with van der Waals surface area (Å²) in [6, 6.07) is 9.46. The van der Waals surface area contributed by atoms with Gasteiger partial charge >= 0.3 is 0 Å². The molecule has 112 valence electrons. The highest BCUT2D eigenvalue weighted by Gasteiger charge is 2.24. The second-order valence-corrected chi connectivity index (χ2v) is 6.88. The summed E-state index contributed by atoms with van der Waals surface area (Å²) in [5.41, 5.74) is 2.64. The van der Waals surface area contributed by atoms with Gasteiger partial charge in [-0.3, -0.25) is 4.98 Å². The number of pyridine rings is 1. The van der Waals surface area contributed by atoms with Crippen LogP contribution < -0.4 is 5.32 Å². The molecule has 0 radical (unpaired) electrons. The topological polar surface area (TPSA) is 62.3 Å². The van der Waals surface area contributed by atoms with Gasteiger partial charge in [0.15, 0.2) is 0 Å². The Kier molecular flexibility index (Phi) is 4.59. The van der Waals surface area contributed by atoms with Gasteiger partial charge in [0.25, 0.3) is 0 Å². The predicted octanol–water partition coefficient (Wildman–Crippen LogP) is 2.25. The standard InChI is InChI=1S/C15H19N3O2S/c1-12-4-6-13(7-5-12)11-18(3)21(19,20)15-10-17-9-8-14(15)16-2/h4-10H,11H2,1-3H3,(H,16,17). The average Bonchev–Trinajstić information content (AvgIpc) is 2.49. The van der Waals surface area contributed by atoms with Gasteiger partial charge in [-0.1, -0.05) is 29.8 Å². The number of rotatable bonds is 5. The first-order valence-electron chi connectivity index (χ1n) is 6.59. The first-order valence-corrected chi connectivity index (χ1v) is 8.03. The van der Waals surface area contributed by atoms with E-state index in [1.807, 2.05) is 31.2 Å². The van der Waals surface area contributed by atoms with Crippen LogP contribution in [0.2, 0.25) is 0 Å². The zero-order valence-corrected chi connectivity index (χ0v) is 13.2. The first kappa shape index (κ1) is 15.5. The molecule has 0 aliphatic rings. The Hall–Kier alpha value is -1.92. The highest BCUT2D eigenvalue weighted by atomic mass is 32.2. The largest absolute Gasteiger partial charge is 0.387 e. The molecule has 2 aromatic rings. The number of sulfonamides is 1. The van der Waals surface area contributed by atoms with Crippen LogP contribution in [0.1, 0.15) is 11.1 Å². The number of hydrogen-bond acceptors (Lipinski definition) is 4. The van der Waals surface area contributed by atoms with E-state index in [-0.39, 0.29) is 4.90 Å². The maximum atomic E-state index is 12.6. The van der Waals surface area contributed by atoms with Gasteiger partial charge in [-0.05, 0) is 18.6 Å². The molecule has 0 atom stereocenters. The number of aromatic nitrogens is 1. The van der Waals surface area contributed by atoms with Crippen molar-refractivity contribution in [2.75, 3.05) is 19.4 Å². The molecule has 0 aliphatic carbocycles. The van der Waals surface area contributed by atoms with Gasteiger partial charge in [0, 0.05) is 33.0 Å². The summed E-state index contributed by atoms with van der Waals surface area (Å²) in [4.78, 5) is 4.10. The molecular formula is C15H19N3O2S. The third-order valence-corrected chi connectivity index (χ3v) is 5.10. The SMILES string of the molecule is CNc1ccncc1S(=O)(=O)N(C)Cc1ccc(C)cc1. The molecule has 1 heterocycles. The molecule has 0 saturated heterocycles. The Morgan fingerprint density at radius 2 is 1.86 bits per heavy atom. The van der Waals surface area contributed by atoms with Crippen molar-refractivity contribution in [2.24, 2.45) is 0 Å². The normalized spacial score (nSPS) is 11.6. The monoisotopic (exact) mass is 305 g/mol. The van der Waals surface area contributed by atoms with Crippen LogP contribution in [0.4, 0.5) is 5.69 Å². The van der Waals surface area contributed by atoms with Gasteiger partial charge in [0.1, 0.15) is 4.90 Å². The zero-order chi connectivity index (χ0) is 15.5. The second-order valence-electron chi connectivity index (χ2n) is 4.87. The highest BCUT2D eigenvalue weighted by molar-refractivity contribution is 7.89. The molecule has 6 heteroatoms. The lowest BCUT2D eigenvalue weighted by Gasteiger charge is -2.19. The maximum Gasteiger partial charge on any atom is 0.246 e. The molecule has 1 aromatic carbocycles. The number of nitrogens with one attached hydrogen (secondary N) is 1. The number of nitrogens with zero attached hydrogens (tertiary/aromatic N) is 2. The van der Waals surface area contributed by atoms with Gasteiger partial charge in [-0.15, -0.1) is 0 Å². The van der Waals surface area contributed by atoms with Crippen LogP contribution in [0, 0.1) is 6.92 Å². The summed E-state index contributed by atoms with van der Waals surface area (Å²) in [5, 5.41) is 2.88. The van der Waals surface area contributed by atoms with Gasteiger partial charge in [0.2, 0.25) is 10.0 Å². The summed E-state index contributed by atoms with van der Waals surface area (Å²) >= 11 is 0.